The van der Waals surface area contributed by atoms with Gasteiger partial charge in [-0.05, 0) is 54.7 Å². The van der Waals surface area contributed by atoms with Crippen LogP contribution in [0, 0.1) is 5.82 Å². The molecule has 19 heavy (non-hydrogen) atoms. The minimum absolute atomic E-state index is 0.0523. The van der Waals surface area contributed by atoms with Gasteiger partial charge in [-0.15, -0.1) is 0 Å². The van der Waals surface area contributed by atoms with Crippen molar-refractivity contribution in [2.24, 2.45) is 0 Å². The number of hydrogen-bond acceptors (Lipinski definition) is 1. The summed E-state index contributed by atoms with van der Waals surface area (Å²) in [6.07, 6.45) is 0. The van der Waals surface area contributed by atoms with Gasteiger partial charge in [-0.2, -0.15) is 0 Å². The molecule has 0 amide bonds. The van der Waals surface area contributed by atoms with Crippen LogP contribution in [0.2, 0.25) is 5.02 Å². The van der Waals surface area contributed by atoms with Crippen LogP contribution < -0.4 is 10.6 Å². The van der Waals surface area contributed by atoms with E-state index in [1.54, 1.807) is 6.07 Å². The lowest BCUT2D eigenvalue weighted by atomic mass is 10.3. The fraction of sp³-hybridized carbons (Fsp3) is 0. The number of anilines is 2. The normalized spacial score (nSPS) is 10.1. The Bertz CT molecular complexity index is 604. The fourth-order valence-corrected chi connectivity index (χ4v) is 2.08. The van der Waals surface area contributed by atoms with Gasteiger partial charge in [-0.1, -0.05) is 27.5 Å². The fourth-order valence-electron chi connectivity index (χ4n) is 1.40. The second-order valence-electron chi connectivity index (χ2n) is 3.71. The SMILES string of the molecule is Fc1ccc(NC(=S)Nc2ccc(Br)cc2)cc1Cl. The molecular weight excluding hydrogens is 351 g/mol. The largest absolute Gasteiger partial charge is 0.332 e. The first kappa shape index (κ1) is 14.2. The number of nitrogens with one attached hydrogen (secondary N) is 2. The number of halogens is 3. The molecule has 0 atom stereocenters. The standard InChI is InChI=1S/C13H9BrClFN2S/c14-8-1-3-9(4-2-8)17-13(19)18-10-5-6-12(16)11(15)7-10/h1-7H,(H2,17,18,19). The summed E-state index contributed by atoms with van der Waals surface area (Å²) < 4.78 is 14.0. The van der Waals surface area contributed by atoms with Crippen molar-refractivity contribution in [3.05, 3.63) is 57.8 Å². The lowest BCUT2D eigenvalue weighted by Crippen LogP contribution is -2.18. The molecule has 0 bridgehead atoms. The monoisotopic (exact) mass is 358 g/mol. The zero-order valence-corrected chi connectivity index (χ0v) is 12.7. The topological polar surface area (TPSA) is 24.1 Å². The first-order chi connectivity index (χ1) is 9.04. The predicted molar refractivity (Wildman–Crippen MR) is 85.4 cm³/mol. The first-order valence-corrected chi connectivity index (χ1v) is 6.91. The average Bonchev–Trinajstić information content (AvgIpc) is 2.37. The van der Waals surface area contributed by atoms with Gasteiger partial charge in [0.1, 0.15) is 5.82 Å². The summed E-state index contributed by atoms with van der Waals surface area (Å²) in [6.45, 7) is 0. The van der Waals surface area contributed by atoms with E-state index in [-0.39, 0.29) is 5.02 Å². The molecule has 0 radical (unpaired) electrons. The van der Waals surface area contributed by atoms with Gasteiger partial charge >= 0.3 is 0 Å². The van der Waals surface area contributed by atoms with Crippen molar-refractivity contribution in [3.63, 3.8) is 0 Å². The van der Waals surface area contributed by atoms with Crippen LogP contribution in [-0.4, -0.2) is 5.11 Å². The van der Waals surface area contributed by atoms with Crippen molar-refractivity contribution in [2.75, 3.05) is 10.6 Å². The van der Waals surface area contributed by atoms with Gasteiger partial charge in [0.15, 0.2) is 5.11 Å². The van der Waals surface area contributed by atoms with Crippen molar-refractivity contribution in [1.29, 1.82) is 0 Å². The number of benzene rings is 2. The van der Waals surface area contributed by atoms with Gasteiger partial charge in [0.25, 0.3) is 0 Å². The van der Waals surface area contributed by atoms with E-state index in [1.807, 2.05) is 24.3 Å². The Morgan fingerprint density at radius 3 is 2.26 bits per heavy atom. The van der Waals surface area contributed by atoms with Crippen LogP contribution in [0.3, 0.4) is 0 Å². The molecule has 0 spiro atoms. The van der Waals surface area contributed by atoms with E-state index >= 15 is 0 Å². The Hall–Kier alpha value is -1.17. The van der Waals surface area contributed by atoms with Crippen LogP contribution in [0.15, 0.2) is 46.9 Å². The van der Waals surface area contributed by atoms with Crippen molar-refractivity contribution >= 4 is 56.2 Å². The molecule has 2 aromatic rings. The molecule has 2 N–H and O–H groups in total. The van der Waals surface area contributed by atoms with Crippen LogP contribution in [0.25, 0.3) is 0 Å². The minimum atomic E-state index is -0.459. The van der Waals surface area contributed by atoms with Gasteiger partial charge in [-0.25, -0.2) is 4.39 Å². The van der Waals surface area contributed by atoms with E-state index in [0.29, 0.717) is 10.8 Å². The Morgan fingerprint density at radius 2 is 1.63 bits per heavy atom. The molecule has 2 rings (SSSR count). The second-order valence-corrected chi connectivity index (χ2v) is 5.45. The summed E-state index contributed by atoms with van der Waals surface area (Å²) >= 11 is 14.2. The van der Waals surface area contributed by atoms with E-state index in [4.69, 9.17) is 23.8 Å². The van der Waals surface area contributed by atoms with Gasteiger partial charge in [0.05, 0.1) is 5.02 Å². The highest BCUT2D eigenvalue weighted by Gasteiger charge is 2.03. The molecule has 0 aliphatic heterocycles. The zero-order chi connectivity index (χ0) is 13.8. The molecule has 6 heteroatoms. The third-order valence-corrected chi connectivity index (χ3v) is 3.30. The van der Waals surface area contributed by atoms with Crippen LogP contribution in [0.4, 0.5) is 15.8 Å². The first-order valence-electron chi connectivity index (χ1n) is 5.33. The summed E-state index contributed by atoms with van der Waals surface area (Å²) in [6, 6.07) is 11.9. The van der Waals surface area contributed by atoms with Crippen LogP contribution in [0.1, 0.15) is 0 Å². The molecular formula is C13H9BrClFN2S. The average molecular weight is 360 g/mol. The quantitative estimate of drug-likeness (QED) is 0.734. The van der Waals surface area contributed by atoms with Crippen LogP contribution in [0.5, 0.6) is 0 Å². The molecule has 0 saturated heterocycles. The van der Waals surface area contributed by atoms with Crippen molar-refractivity contribution in [1.82, 2.24) is 0 Å². The van der Waals surface area contributed by atoms with E-state index in [2.05, 4.69) is 26.6 Å². The molecule has 0 unspecified atom stereocenters. The Labute approximate surface area is 129 Å². The highest BCUT2D eigenvalue weighted by atomic mass is 79.9. The highest BCUT2D eigenvalue weighted by Crippen LogP contribution is 2.20. The van der Waals surface area contributed by atoms with E-state index in [1.165, 1.54) is 12.1 Å². The Kier molecular flexibility index (Phi) is 4.74. The molecule has 0 aliphatic rings. The maximum atomic E-state index is 13.0. The third-order valence-electron chi connectivity index (χ3n) is 2.28. The molecule has 0 fully saturated rings. The summed E-state index contributed by atoms with van der Waals surface area (Å²) in [5.74, 6) is -0.459. The molecule has 2 nitrogen and oxygen atoms in total. The molecule has 2 aromatic carbocycles. The highest BCUT2D eigenvalue weighted by molar-refractivity contribution is 9.10. The smallest absolute Gasteiger partial charge is 0.175 e. The summed E-state index contributed by atoms with van der Waals surface area (Å²) in [7, 11) is 0. The maximum Gasteiger partial charge on any atom is 0.175 e. The van der Waals surface area contributed by atoms with Gasteiger partial charge in [0.2, 0.25) is 0 Å². The summed E-state index contributed by atoms with van der Waals surface area (Å²) in [5, 5.41) is 6.40. The van der Waals surface area contributed by atoms with Crippen LogP contribution in [-0.2, 0) is 0 Å². The maximum absolute atomic E-state index is 13.0. The lowest BCUT2D eigenvalue weighted by Gasteiger charge is -2.11. The number of rotatable bonds is 2. The minimum Gasteiger partial charge on any atom is -0.332 e. The number of hydrogen-bond donors (Lipinski definition) is 2. The zero-order valence-electron chi connectivity index (χ0n) is 9.58. The van der Waals surface area contributed by atoms with Crippen molar-refractivity contribution < 1.29 is 4.39 Å². The Balaban J connectivity index is 2.01. The van der Waals surface area contributed by atoms with Crippen molar-refractivity contribution in [3.8, 4) is 0 Å². The van der Waals surface area contributed by atoms with E-state index < -0.39 is 5.82 Å². The van der Waals surface area contributed by atoms with Gasteiger partial charge in [0, 0.05) is 15.8 Å². The molecule has 0 aromatic heterocycles. The van der Waals surface area contributed by atoms with Gasteiger partial charge < -0.3 is 10.6 Å². The van der Waals surface area contributed by atoms with Crippen LogP contribution >= 0.6 is 39.7 Å². The van der Waals surface area contributed by atoms with Gasteiger partial charge in [-0.3, -0.25) is 0 Å². The third kappa shape index (κ3) is 4.16. The molecule has 98 valence electrons. The van der Waals surface area contributed by atoms with E-state index in [9.17, 15) is 4.39 Å². The summed E-state index contributed by atoms with van der Waals surface area (Å²) in [4.78, 5) is 0. The molecule has 0 saturated carbocycles. The number of thiocarbonyl (C=S) groups is 1. The predicted octanol–water partition coefficient (Wildman–Crippen LogP) is 5.05. The Morgan fingerprint density at radius 1 is 1.05 bits per heavy atom. The van der Waals surface area contributed by atoms with Crippen molar-refractivity contribution in [2.45, 2.75) is 0 Å². The second kappa shape index (κ2) is 6.32. The molecule has 0 heterocycles. The lowest BCUT2D eigenvalue weighted by molar-refractivity contribution is 0.628. The summed E-state index contributed by atoms with van der Waals surface area (Å²) in [5.41, 5.74) is 1.48. The van der Waals surface area contributed by atoms with E-state index in [0.717, 1.165) is 10.2 Å². The molecule has 0 aliphatic carbocycles.